The number of likely N-dealkylation sites (N-methyl/N-ethyl adjacent to an activating group) is 1. The first kappa shape index (κ1) is 16.2. The van der Waals surface area contributed by atoms with Crippen molar-refractivity contribution in [3.05, 3.63) is 0 Å². The summed E-state index contributed by atoms with van der Waals surface area (Å²) in [6.45, 7) is 5.30. The molecule has 3 nitrogen and oxygen atoms in total. The van der Waals surface area contributed by atoms with Gasteiger partial charge in [0, 0.05) is 11.0 Å². The third-order valence-electron chi connectivity index (χ3n) is 4.51. The maximum absolute atomic E-state index is 12.5. The Morgan fingerprint density at radius 2 is 1.90 bits per heavy atom. The Morgan fingerprint density at radius 1 is 1.20 bits per heavy atom. The first-order valence-corrected chi connectivity index (χ1v) is 9.31. The number of rotatable bonds is 8. The molecule has 2 saturated carbocycles. The molecule has 0 amide bonds. The van der Waals surface area contributed by atoms with Gasteiger partial charge in [-0.25, -0.2) is 0 Å². The molecule has 2 rings (SSSR count). The molecule has 0 aliphatic heterocycles. The van der Waals surface area contributed by atoms with Crippen LogP contribution < -0.4 is 5.32 Å². The minimum atomic E-state index is -0.424. The molecule has 0 bridgehead atoms. The van der Waals surface area contributed by atoms with Gasteiger partial charge in [0.15, 0.2) is 0 Å². The van der Waals surface area contributed by atoms with Crippen LogP contribution in [0, 0.1) is 5.92 Å². The van der Waals surface area contributed by atoms with Gasteiger partial charge in [0.25, 0.3) is 0 Å². The Kier molecular flexibility index (Phi) is 6.21. The molecule has 2 aliphatic rings. The fourth-order valence-corrected chi connectivity index (χ4v) is 4.86. The molecule has 0 aromatic rings. The van der Waals surface area contributed by atoms with Crippen LogP contribution in [0.25, 0.3) is 0 Å². The summed E-state index contributed by atoms with van der Waals surface area (Å²) in [5.41, 5.74) is -0.424. The highest BCUT2D eigenvalue weighted by molar-refractivity contribution is 8.00. The number of hydrogen-bond acceptors (Lipinski definition) is 4. The minimum absolute atomic E-state index is 0.0207. The van der Waals surface area contributed by atoms with Crippen molar-refractivity contribution in [1.29, 1.82) is 0 Å². The van der Waals surface area contributed by atoms with Crippen LogP contribution in [0.3, 0.4) is 0 Å². The average Bonchev–Trinajstić information content (AvgIpc) is 3.30. The molecule has 20 heavy (non-hydrogen) atoms. The molecular weight excluding hydrogens is 270 g/mol. The lowest BCUT2D eigenvalue weighted by atomic mass is 9.95. The Labute approximate surface area is 127 Å². The number of ether oxygens (including phenoxy) is 1. The van der Waals surface area contributed by atoms with Crippen molar-refractivity contribution in [2.75, 3.05) is 18.9 Å². The topological polar surface area (TPSA) is 38.3 Å². The van der Waals surface area contributed by atoms with E-state index in [2.05, 4.69) is 12.2 Å². The van der Waals surface area contributed by atoms with E-state index in [0.29, 0.717) is 12.5 Å². The van der Waals surface area contributed by atoms with E-state index < -0.39 is 5.54 Å². The molecular formula is C16H29NO2S. The summed E-state index contributed by atoms with van der Waals surface area (Å²) in [5, 5.41) is 4.23. The van der Waals surface area contributed by atoms with E-state index in [4.69, 9.17) is 4.74 Å². The van der Waals surface area contributed by atoms with Crippen molar-refractivity contribution in [2.24, 2.45) is 5.92 Å². The van der Waals surface area contributed by atoms with Crippen molar-refractivity contribution in [1.82, 2.24) is 5.32 Å². The van der Waals surface area contributed by atoms with Crippen LogP contribution in [0.2, 0.25) is 0 Å². The smallest absolute Gasteiger partial charge is 0.327 e. The van der Waals surface area contributed by atoms with E-state index in [1.807, 2.05) is 18.7 Å². The van der Waals surface area contributed by atoms with Gasteiger partial charge in [0.1, 0.15) is 5.54 Å². The normalized spacial score (nSPS) is 23.3. The summed E-state index contributed by atoms with van der Waals surface area (Å²) >= 11 is 2.00. The van der Waals surface area contributed by atoms with E-state index in [0.717, 1.165) is 30.4 Å². The number of nitrogens with one attached hydrogen (secondary N) is 1. The predicted octanol–water partition coefficient (Wildman–Crippen LogP) is 3.37. The van der Waals surface area contributed by atoms with Crippen LogP contribution in [-0.2, 0) is 9.53 Å². The van der Waals surface area contributed by atoms with Crippen LogP contribution >= 0.6 is 11.8 Å². The van der Waals surface area contributed by atoms with Crippen LogP contribution in [-0.4, -0.2) is 35.7 Å². The molecule has 1 N–H and O–H groups in total. The maximum Gasteiger partial charge on any atom is 0.327 e. The highest BCUT2D eigenvalue weighted by atomic mass is 32.2. The van der Waals surface area contributed by atoms with Gasteiger partial charge >= 0.3 is 5.97 Å². The molecule has 0 heterocycles. The molecule has 0 spiro atoms. The highest BCUT2D eigenvalue weighted by Crippen LogP contribution is 2.43. The van der Waals surface area contributed by atoms with Crippen molar-refractivity contribution >= 4 is 17.7 Å². The fourth-order valence-electron chi connectivity index (χ4n) is 3.24. The van der Waals surface area contributed by atoms with Crippen LogP contribution in [0.5, 0.6) is 0 Å². The van der Waals surface area contributed by atoms with E-state index in [9.17, 15) is 4.79 Å². The first-order chi connectivity index (χ1) is 9.73. The van der Waals surface area contributed by atoms with E-state index in [-0.39, 0.29) is 5.97 Å². The maximum atomic E-state index is 12.5. The quantitative estimate of drug-likeness (QED) is 0.697. The molecule has 116 valence electrons. The number of esters is 1. The molecule has 1 atom stereocenters. The SMILES string of the molecule is CCNC(CSC1CCCCC1)(C(=O)OCC)C1CC1. The lowest BCUT2D eigenvalue weighted by Gasteiger charge is -2.34. The summed E-state index contributed by atoms with van der Waals surface area (Å²) in [7, 11) is 0. The number of carbonyl (C=O) groups is 1. The lowest BCUT2D eigenvalue weighted by molar-refractivity contribution is -0.151. The molecule has 2 fully saturated rings. The Balaban J connectivity index is 1.98. The second-order valence-electron chi connectivity index (χ2n) is 6.07. The molecule has 0 aromatic carbocycles. The van der Waals surface area contributed by atoms with Gasteiger partial charge in [0.2, 0.25) is 0 Å². The third-order valence-corrected chi connectivity index (χ3v) is 6.07. The van der Waals surface area contributed by atoms with Gasteiger partial charge in [-0.15, -0.1) is 0 Å². The van der Waals surface area contributed by atoms with Gasteiger partial charge in [-0.2, -0.15) is 11.8 Å². The second kappa shape index (κ2) is 7.69. The van der Waals surface area contributed by atoms with Crippen LogP contribution in [0.4, 0.5) is 0 Å². The first-order valence-electron chi connectivity index (χ1n) is 8.26. The van der Waals surface area contributed by atoms with Crippen molar-refractivity contribution in [3.8, 4) is 0 Å². The fraction of sp³-hybridized carbons (Fsp3) is 0.938. The lowest BCUT2D eigenvalue weighted by Crippen LogP contribution is -2.57. The van der Waals surface area contributed by atoms with Crippen LogP contribution in [0.15, 0.2) is 0 Å². The Hall–Kier alpha value is -0.220. The molecule has 0 aromatic heterocycles. The summed E-state index contributed by atoms with van der Waals surface area (Å²) in [4.78, 5) is 12.5. The zero-order valence-electron chi connectivity index (χ0n) is 13.0. The Bertz CT molecular complexity index is 314. The monoisotopic (exact) mass is 299 g/mol. The minimum Gasteiger partial charge on any atom is -0.465 e. The summed E-state index contributed by atoms with van der Waals surface area (Å²) in [6, 6.07) is 0. The molecule has 4 heteroatoms. The van der Waals surface area contributed by atoms with Gasteiger partial charge < -0.3 is 10.1 Å². The second-order valence-corrected chi connectivity index (χ2v) is 7.36. The summed E-state index contributed by atoms with van der Waals surface area (Å²) in [6.07, 6.45) is 9.06. The van der Waals surface area contributed by atoms with Crippen LogP contribution in [0.1, 0.15) is 58.8 Å². The zero-order valence-corrected chi connectivity index (χ0v) is 13.8. The number of hydrogen-bond donors (Lipinski definition) is 1. The number of carbonyl (C=O) groups excluding carboxylic acids is 1. The van der Waals surface area contributed by atoms with E-state index in [1.54, 1.807) is 0 Å². The van der Waals surface area contributed by atoms with Gasteiger partial charge in [0.05, 0.1) is 6.61 Å². The largest absolute Gasteiger partial charge is 0.465 e. The molecule has 0 saturated heterocycles. The standard InChI is InChI=1S/C16H29NO2S/c1-3-17-16(13-10-11-13,15(18)19-4-2)12-20-14-8-6-5-7-9-14/h13-14,17H,3-12H2,1-2H3. The van der Waals surface area contributed by atoms with Crippen molar-refractivity contribution in [2.45, 2.75) is 69.6 Å². The van der Waals surface area contributed by atoms with Gasteiger partial charge in [-0.1, -0.05) is 26.2 Å². The predicted molar refractivity (Wildman–Crippen MR) is 85.1 cm³/mol. The van der Waals surface area contributed by atoms with E-state index >= 15 is 0 Å². The number of thioether (sulfide) groups is 1. The molecule has 1 unspecified atom stereocenters. The molecule has 0 radical (unpaired) electrons. The zero-order chi connectivity index (χ0) is 14.4. The summed E-state index contributed by atoms with van der Waals surface area (Å²) < 4.78 is 5.39. The molecule has 2 aliphatic carbocycles. The van der Waals surface area contributed by atoms with E-state index in [1.165, 1.54) is 32.1 Å². The van der Waals surface area contributed by atoms with Crippen molar-refractivity contribution < 1.29 is 9.53 Å². The highest BCUT2D eigenvalue weighted by Gasteiger charge is 2.51. The van der Waals surface area contributed by atoms with Crippen molar-refractivity contribution in [3.63, 3.8) is 0 Å². The Morgan fingerprint density at radius 3 is 2.45 bits per heavy atom. The van der Waals surface area contributed by atoms with Gasteiger partial charge in [-0.05, 0) is 45.1 Å². The summed E-state index contributed by atoms with van der Waals surface area (Å²) in [5.74, 6) is 1.35. The van der Waals surface area contributed by atoms with Gasteiger partial charge in [-0.3, -0.25) is 4.79 Å². The average molecular weight is 299 g/mol. The third kappa shape index (κ3) is 3.91.